The van der Waals surface area contributed by atoms with Crippen molar-refractivity contribution < 1.29 is 22.3 Å². The minimum Gasteiger partial charge on any atom is -0.486 e. The van der Waals surface area contributed by atoms with E-state index in [2.05, 4.69) is 29.2 Å². The van der Waals surface area contributed by atoms with Gasteiger partial charge in [0, 0.05) is 29.7 Å². The fraction of sp³-hybridized carbons (Fsp3) is 0.276. The van der Waals surface area contributed by atoms with Crippen LogP contribution in [0.1, 0.15) is 18.4 Å². The van der Waals surface area contributed by atoms with Gasteiger partial charge in [0.05, 0.1) is 4.90 Å². The third-order valence-electron chi connectivity index (χ3n) is 7.02. The van der Waals surface area contributed by atoms with Gasteiger partial charge in [-0.05, 0) is 67.1 Å². The largest absolute Gasteiger partial charge is 0.486 e. The van der Waals surface area contributed by atoms with Crippen LogP contribution >= 0.6 is 11.6 Å². The maximum absolute atomic E-state index is 13.9. The molecule has 7 nitrogen and oxygen atoms in total. The zero-order valence-corrected chi connectivity index (χ0v) is 22.2. The van der Waals surface area contributed by atoms with E-state index in [1.54, 1.807) is 30.3 Å². The molecular formula is C29H27ClN2O5S. The lowest BCUT2D eigenvalue weighted by Crippen LogP contribution is -2.34. The van der Waals surface area contributed by atoms with Crippen molar-refractivity contribution in [2.24, 2.45) is 5.92 Å². The van der Waals surface area contributed by atoms with E-state index in [1.165, 1.54) is 17.7 Å². The van der Waals surface area contributed by atoms with Crippen LogP contribution in [0.4, 0.5) is 5.88 Å². The molecule has 0 N–H and O–H groups in total. The topological polar surface area (TPSA) is 81.9 Å². The molecule has 2 aliphatic rings. The molecular weight excluding hydrogens is 524 g/mol. The minimum atomic E-state index is -4.02. The summed E-state index contributed by atoms with van der Waals surface area (Å²) in [5, 5.41) is 0.478. The number of halogens is 1. The number of benzene rings is 3. The number of nitrogens with zero attached hydrogens (tertiary/aromatic N) is 2. The Morgan fingerprint density at radius 2 is 1.61 bits per heavy atom. The van der Waals surface area contributed by atoms with Gasteiger partial charge in [0.15, 0.2) is 11.5 Å². The van der Waals surface area contributed by atoms with Crippen molar-refractivity contribution in [2.45, 2.75) is 29.2 Å². The first-order valence-corrected chi connectivity index (χ1v) is 14.5. The van der Waals surface area contributed by atoms with Gasteiger partial charge in [0.2, 0.25) is 26.6 Å². The van der Waals surface area contributed by atoms with Gasteiger partial charge in [0.1, 0.15) is 13.2 Å². The number of anilines is 1. The summed E-state index contributed by atoms with van der Waals surface area (Å²) in [4.78, 5) is 6.60. The molecule has 6 rings (SSSR count). The van der Waals surface area contributed by atoms with Crippen molar-refractivity contribution in [1.29, 1.82) is 0 Å². The summed E-state index contributed by atoms with van der Waals surface area (Å²) < 4.78 is 45.2. The number of aromatic nitrogens is 1. The van der Waals surface area contributed by atoms with Gasteiger partial charge < -0.3 is 18.8 Å². The van der Waals surface area contributed by atoms with Crippen LogP contribution < -0.4 is 14.4 Å². The Morgan fingerprint density at radius 3 is 2.34 bits per heavy atom. The number of oxazole rings is 1. The lowest BCUT2D eigenvalue weighted by Gasteiger charge is -2.32. The maximum Gasteiger partial charge on any atom is 0.236 e. The summed E-state index contributed by atoms with van der Waals surface area (Å²) in [7, 11) is -4.02. The fourth-order valence-electron chi connectivity index (χ4n) is 4.98. The van der Waals surface area contributed by atoms with Crippen molar-refractivity contribution in [3.05, 3.63) is 83.4 Å². The third kappa shape index (κ3) is 4.98. The number of hydrogen-bond acceptors (Lipinski definition) is 7. The van der Waals surface area contributed by atoms with E-state index >= 15 is 0 Å². The molecule has 2 aliphatic heterocycles. The molecule has 0 spiro atoms. The van der Waals surface area contributed by atoms with Crippen molar-refractivity contribution in [2.75, 3.05) is 31.2 Å². The summed E-state index contributed by atoms with van der Waals surface area (Å²) in [6.45, 7) is 2.15. The number of piperidine rings is 1. The lowest BCUT2D eigenvalue weighted by molar-refractivity contribution is 0.171. The van der Waals surface area contributed by atoms with E-state index < -0.39 is 9.84 Å². The monoisotopic (exact) mass is 550 g/mol. The second-order valence-corrected chi connectivity index (χ2v) is 11.9. The molecule has 0 saturated carbocycles. The molecule has 1 saturated heterocycles. The van der Waals surface area contributed by atoms with Crippen LogP contribution in [0.3, 0.4) is 0 Å². The predicted octanol–water partition coefficient (Wildman–Crippen LogP) is 6.06. The van der Waals surface area contributed by atoms with Crippen LogP contribution in [0.15, 0.2) is 87.1 Å². The first-order chi connectivity index (χ1) is 18.5. The highest BCUT2D eigenvalue weighted by Gasteiger charge is 2.34. The summed E-state index contributed by atoms with van der Waals surface area (Å²) in [6, 6.07) is 22.1. The SMILES string of the molecule is O=S(=O)(c1ccc2c(c1)OCCO2)c1nc(-c2ccc(Cl)cc2)oc1N1CCC(Cc2ccccc2)CC1. The predicted molar refractivity (Wildman–Crippen MR) is 145 cm³/mol. The summed E-state index contributed by atoms with van der Waals surface area (Å²) in [5.41, 5.74) is 1.97. The zero-order valence-electron chi connectivity index (χ0n) is 20.7. The van der Waals surface area contributed by atoms with E-state index in [0.29, 0.717) is 54.3 Å². The second kappa shape index (κ2) is 10.3. The first-order valence-electron chi connectivity index (χ1n) is 12.7. The molecule has 3 heterocycles. The first kappa shape index (κ1) is 24.8. The Balaban J connectivity index is 1.33. The van der Waals surface area contributed by atoms with Gasteiger partial charge >= 0.3 is 0 Å². The zero-order chi connectivity index (χ0) is 26.1. The van der Waals surface area contributed by atoms with Gasteiger partial charge in [-0.1, -0.05) is 41.9 Å². The van der Waals surface area contributed by atoms with Crippen LogP contribution in [0.25, 0.3) is 11.5 Å². The highest BCUT2D eigenvalue weighted by molar-refractivity contribution is 7.91. The lowest BCUT2D eigenvalue weighted by atomic mass is 9.90. The molecule has 4 aromatic rings. The van der Waals surface area contributed by atoms with Crippen molar-refractivity contribution in [3.8, 4) is 23.0 Å². The number of rotatable bonds is 6. The Bertz CT molecular complexity index is 1530. The average Bonchev–Trinajstić information content (AvgIpc) is 3.41. The van der Waals surface area contributed by atoms with Crippen molar-refractivity contribution in [3.63, 3.8) is 0 Å². The molecule has 0 amide bonds. The molecule has 1 fully saturated rings. The summed E-state index contributed by atoms with van der Waals surface area (Å²) in [6.07, 6.45) is 2.86. The number of hydrogen-bond donors (Lipinski definition) is 0. The fourth-order valence-corrected chi connectivity index (χ4v) is 6.44. The molecule has 38 heavy (non-hydrogen) atoms. The summed E-state index contributed by atoms with van der Waals surface area (Å²) in [5.74, 6) is 1.95. The minimum absolute atomic E-state index is 0.0814. The highest BCUT2D eigenvalue weighted by atomic mass is 35.5. The Hall–Kier alpha value is -3.49. The quantitative estimate of drug-likeness (QED) is 0.289. The smallest absolute Gasteiger partial charge is 0.236 e. The molecule has 1 aromatic heterocycles. The van der Waals surface area contributed by atoms with E-state index in [1.807, 2.05) is 11.0 Å². The van der Waals surface area contributed by atoms with Gasteiger partial charge in [-0.15, -0.1) is 0 Å². The normalized spacial score (nSPS) is 16.0. The molecule has 0 radical (unpaired) electrons. The molecule has 3 aromatic carbocycles. The van der Waals surface area contributed by atoms with E-state index in [-0.39, 0.29) is 21.7 Å². The Morgan fingerprint density at radius 1 is 0.895 bits per heavy atom. The number of fused-ring (bicyclic) bond motifs is 1. The third-order valence-corrected chi connectivity index (χ3v) is 8.92. The summed E-state index contributed by atoms with van der Waals surface area (Å²) >= 11 is 6.06. The van der Waals surface area contributed by atoms with Crippen LogP contribution in [0.2, 0.25) is 5.02 Å². The van der Waals surface area contributed by atoms with Crippen molar-refractivity contribution in [1.82, 2.24) is 4.98 Å². The van der Waals surface area contributed by atoms with Crippen LogP contribution in [-0.4, -0.2) is 39.7 Å². The molecule has 0 unspecified atom stereocenters. The Labute approximate surface area is 226 Å². The van der Waals surface area contributed by atoms with Crippen LogP contribution in [0.5, 0.6) is 11.5 Å². The standard InChI is InChI=1S/C29H27ClN2O5S/c30-23-8-6-22(7-9-23)27-31-28(38(33,34)24-10-11-25-26(19-24)36-17-16-35-25)29(37-27)32-14-12-21(13-15-32)18-20-4-2-1-3-5-20/h1-11,19,21H,12-18H2. The average molecular weight is 551 g/mol. The van der Waals surface area contributed by atoms with E-state index in [4.69, 9.17) is 25.5 Å². The van der Waals surface area contributed by atoms with Crippen molar-refractivity contribution >= 4 is 27.3 Å². The second-order valence-electron chi connectivity index (χ2n) is 9.57. The van der Waals surface area contributed by atoms with E-state index in [9.17, 15) is 8.42 Å². The van der Waals surface area contributed by atoms with Gasteiger partial charge in [0.25, 0.3) is 0 Å². The number of sulfone groups is 1. The Kier molecular flexibility index (Phi) is 6.76. The van der Waals surface area contributed by atoms with E-state index in [0.717, 1.165) is 19.3 Å². The number of ether oxygens (including phenoxy) is 2. The molecule has 0 bridgehead atoms. The molecule has 0 aliphatic carbocycles. The molecule has 0 atom stereocenters. The highest BCUT2D eigenvalue weighted by Crippen LogP contribution is 2.39. The van der Waals surface area contributed by atoms with Crippen LogP contribution in [-0.2, 0) is 16.3 Å². The molecule has 196 valence electrons. The maximum atomic E-state index is 13.9. The van der Waals surface area contributed by atoms with Gasteiger partial charge in [-0.2, -0.15) is 4.98 Å². The van der Waals surface area contributed by atoms with Gasteiger partial charge in [-0.3, -0.25) is 0 Å². The van der Waals surface area contributed by atoms with Gasteiger partial charge in [-0.25, -0.2) is 8.42 Å². The molecule has 9 heteroatoms. The van der Waals surface area contributed by atoms with Crippen LogP contribution in [0, 0.1) is 5.92 Å².